The van der Waals surface area contributed by atoms with E-state index < -0.39 is 0 Å². The van der Waals surface area contributed by atoms with Crippen molar-refractivity contribution in [3.8, 4) is 0 Å². The van der Waals surface area contributed by atoms with Crippen LogP contribution in [0.25, 0.3) is 16.7 Å². The van der Waals surface area contributed by atoms with Gasteiger partial charge >= 0.3 is 0 Å². The molecule has 0 unspecified atom stereocenters. The Hall–Kier alpha value is -2.01. The van der Waals surface area contributed by atoms with Crippen molar-refractivity contribution in [1.82, 2.24) is 19.6 Å². The highest BCUT2D eigenvalue weighted by Gasteiger charge is 2.20. The third kappa shape index (κ3) is 1.70. The summed E-state index contributed by atoms with van der Waals surface area (Å²) in [5.74, 6) is 0.535. The molecule has 102 valence electrons. The van der Waals surface area contributed by atoms with Gasteiger partial charge in [0.25, 0.3) is 0 Å². The molecule has 5 nitrogen and oxygen atoms in total. The zero-order chi connectivity index (χ0) is 13.5. The van der Waals surface area contributed by atoms with Crippen molar-refractivity contribution in [2.24, 2.45) is 0 Å². The minimum atomic E-state index is 0.535. The summed E-state index contributed by atoms with van der Waals surface area (Å²) >= 11 is 0. The Morgan fingerprint density at radius 2 is 2.10 bits per heavy atom. The summed E-state index contributed by atoms with van der Waals surface area (Å²) in [7, 11) is 0. The number of aryl methyl sites for hydroxylation is 1. The molecule has 1 aliphatic rings. The lowest BCUT2D eigenvalue weighted by Gasteiger charge is -2.23. The van der Waals surface area contributed by atoms with Crippen molar-refractivity contribution in [3.63, 3.8) is 0 Å². The Morgan fingerprint density at radius 1 is 1.25 bits per heavy atom. The minimum absolute atomic E-state index is 0.535. The topological polar surface area (TPSA) is 52.3 Å². The number of benzene rings is 1. The van der Waals surface area contributed by atoms with Crippen molar-refractivity contribution >= 4 is 16.7 Å². The summed E-state index contributed by atoms with van der Waals surface area (Å²) in [4.78, 5) is 4.79. The molecule has 4 rings (SSSR count). The lowest BCUT2D eigenvalue weighted by atomic mass is 9.90. The fraction of sp³-hybridized carbons (Fsp3) is 0.400. The summed E-state index contributed by atoms with van der Waals surface area (Å²) < 4.78 is 7.50. The van der Waals surface area contributed by atoms with Crippen LogP contribution in [-0.4, -0.2) is 32.8 Å². The summed E-state index contributed by atoms with van der Waals surface area (Å²) in [5.41, 5.74) is 5.24. The van der Waals surface area contributed by atoms with E-state index in [0.29, 0.717) is 5.92 Å². The molecule has 0 bridgehead atoms. The summed E-state index contributed by atoms with van der Waals surface area (Å²) in [6.45, 7) is 3.67. The molecule has 1 saturated heterocycles. The predicted molar refractivity (Wildman–Crippen MR) is 75.8 cm³/mol. The number of para-hydroxylation sites is 1. The highest BCUT2D eigenvalue weighted by Crippen LogP contribution is 2.31. The van der Waals surface area contributed by atoms with Gasteiger partial charge in [-0.1, -0.05) is 12.1 Å². The second-order valence-corrected chi connectivity index (χ2v) is 5.32. The lowest BCUT2D eigenvalue weighted by Crippen LogP contribution is -2.15. The van der Waals surface area contributed by atoms with E-state index in [1.165, 1.54) is 5.56 Å². The number of hydrogen-bond acceptors (Lipinski definition) is 4. The molecule has 3 heterocycles. The smallest absolute Gasteiger partial charge is 0.182 e. The first-order valence-electron chi connectivity index (χ1n) is 7.01. The first-order chi connectivity index (χ1) is 9.84. The Morgan fingerprint density at radius 3 is 2.95 bits per heavy atom. The third-order valence-corrected chi connectivity index (χ3v) is 4.12. The molecule has 2 aromatic heterocycles. The van der Waals surface area contributed by atoms with E-state index in [1.807, 2.05) is 11.3 Å². The highest BCUT2D eigenvalue weighted by molar-refractivity contribution is 5.82. The van der Waals surface area contributed by atoms with Crippen LogP contribution < -0.4 is 0 Å². The van der Waals surface area contributed by atoms with Crippen LogP contribution in [0.2, 0.25) is 0 Å². The summed E-state index contributed by atoms with van der Waals surface area (Å²) in [5, 5.41) is 8.15. The lowest BCUT2D eigenvalue weighted by molar-refractivity contribution is 0.0856. The number of rotatable bonds is 1. The van der Waals surface area contributed by atoms with Gasteiger partial charge in [0.05, 0.1) is 16.7 Å². The molecule has 0 spiro atoms. The Labute approximate surface area is 116 Å². The fourth-order valence-electron chi connectivity index (χ4n) is 3.08. The van der Waals surface area contributed by atoms with Gasteiger partial charge in [-0.3, -0.25) is 4.40 Å². The van der Waals surface area contributed by atoms with E-state index in [0.717, 1.165) is 48.4 Å². The monoisotopic (exact) mass is 268 g/mol. The van der Waals surface area contributed by atoms with Crippen LogP contribution in [0.5, 0.6) is 0 Å². The van der Waals surface area contributed by atoms with Crippen molar-refractivity contribution < 1.29 is 4.74 Å². The molecule has 0 amide bonds. The number of fused-ring (bicyclic) bond motifs is 3. The van der Waals surface area contributed by atoms with Crippen LogP contribution >= 0.6 is 0 Å². The standard InChI is InChI=1S/C15H16N4O/c1-10-15-18-16-9-19(15)13-4-2-3-12(14(13)17-10)11-5-7-20-8-6-11/h2-4,9,11H,5-8H2,1H3. The molecule has 3 aromatic rings. The van der Waals surface area contributed by atoms with Crippen LogP contribution in [0.15, 0.2) is 24.5 Å². The molecular formula is C15H16N4O. The Kier molecular flexibility index (Phi) is 2.67. The highest BCUT2D eigenvalue weighted by atomic mass is 16.5. The molecular weight excluding hydrogens is 252 g/mol. The second kappa shape index (κ2) is 4.52. The van der Waals surface area contributed by atoms with Crippen LogP contribution in [-0.2, 0) is 4.74 Å². The van der Waals surface area contributed by atoms with E-state index in [-0.39, 0.29) is 0 Å². The van der Waals surface area contributed by atoms with Gasteiger partial charge in [0.2, 0.25) is 0 Å². The van der Waals surface area contributed by atoms with Crippen molar-refractivity contribution in [3.05, 3.63) is 35.8 Å². The van der Waals surface area contributed by atoms with Gasteiger partial charge in [0.1, 0.15) is 6.33 Å². The van der Waals surface area contributed by atoms with E-state index in [4.69, 9.17) is 9.72 Å². The minimum Gasteiger partial charge on any atom is -0.381 e. The van der Waals surface area contributed by atoms with Gasteiger partial charge in [0.15, 0.2) is 5.65 Å². The SMILES string of the molecule is Cc1nc2c(C3CCOCC3)cccc2n2cnnc12. The summed E-state index contributed by atoms with van der Waals surface area (Å²) in [6.07, 6.45) is 3.90. The molecule has 0 N–H and O–H groups in total. The molecule has 0 atom stereocenters. The van der Waals surface area contributed by atoms with Crippen molar-refractivity contribution in [2.45, 2.75) is 25.7 Å². The third-order valence-electron chi connectivity index (χ3n) is 4.12. The molecule has 0 aliphatic carbocycles. The van der Waals surface area contributed by atoms with Gasteiger partial charge in [-0.15, -0.1) is 10.2 Å². The first kappa shape index (κ1) is 11.8. The van der Waals surface area contributed by atoms with Crippen LogP contribution in [0.1, 0.15) is 30.0 Å². The molecule has 0 radical (unpaired) electrons. The van der Waals surface area contributed by atoms with Crippen LogP contribution in [0, 0.1) is 6.92 Å². The van der Waals surface area contributed by atoms with Crippen LogP contribution in [0.3, 0.4) is 0 Å². The number of hydrogen-bond donors (Lipinski definition) is 0. The van der Waals surface area contributed by atoms with Gasteiger partial charge in [-0.05, 0) is 37.3 Å². The second-order valence-electron chi connectivity index (χ2n) is 5.32. The van der Waals surface area contributed by atoms with E-state index in [1.54, 1.807) is 6.33 Å². The van der Waals surface area contributed by atoms with Gasteiger partial charge < -0.3 is 4.74 Å². The average molecular weight is 268 g/mol. The maximum absolute atomic E-state index is 5.47. The predicted octanol–water partition coefficient (Wildman–Crippen LogP) is 2.48. The molecule has 1 aromatic carbocycles. The quantitative estimate of drug-likeness (QED) is 0.680. The normalized spacial score (nSPS) is 17.1. The molecule has 5 heteroatoms. The molecule has 20 heavy (non-hydrogen) atoms. The van der Waals surface area contributed by atoms with Gasteiger partial charge in [-0.2, -0.15) is 0 Å². The van der Waals surface area contributed by atoms with Crippen LogP contribution in [0.4, 0.5) is 0 Å². The van der Waals surface area contributed by atoms with E-state index in [9.17, 15) is 0 Å². The maximum Gasteiger partial charge on any atom is 0.182 e. The first-order valence-corrected chi connectivity index (χ1v) is 7.01. The zero-order valence-electron chi connectivity index (χ0n) is 11.4. The van der Waals surface area contributed by atoms with Crippen molar-refractivity contribution in [1.29, 1.82) is 0 Å². The average Bonchev–Trinajstić information content (AvgIpc) is 2.98. The number of ether oxygens (including phenoxy) is 1. The molecule has 1 aliphatic heterocycles. The maximum atomic E-state index is 5.47. The largest absolute Gasteiger partial charge is 0.381 e. The van der Waals surface area contributed by atoms with E-state index >= 15 is 0 Å². The number of nitrogens with zero attached hydrogens (tertiary/aromatic N) is 4. The van der Waals surface area contributed by atoms with Gasteiger partial charge in [-0.25, -0.2) is 4.98 Å². The number of aromatic nitrogens is 4. The van der Waals surface area contributed by atoms with E-state index in [2.05, 4.69) is 28.4 Å². The fourth-order valence-corrected chi connectivity index (χ4v) is 3.08. The van der Waals surface area contributed by atoms with Gasteiger partial charge in [0, 0.05) is 13.2 Å². The zero-order valence-corrected chi connectivity index (χ0v) is 11.4. The van der Waals surface area contributed by atoms with Crippen molar-refractivity contribution in [2.75, 3.05) is 13.2 Å². The summed E-state index contributed by atoms with van der Waals surface area (Å²) in [6, 6.07) is 6.38. The Balaban J connectivity index is 1.99. The molecule has 1 fully saturated rings. The molecule has 0 saturated carbocycles. The Bertz CT molecular complexity index is 774.